The Morgan fingerprint density at radius 3 is 2.29 bits per heavy atom. The molecule has 12 heteroatoms. The number of morpholine rings is 1. The highest BCUT2D eigenvalue weighted by molar-refractivity contribution is 7.87. The zero-order valence-electron chi connectivity index (χ0n) is 31.4. The summed E-state index contributed by atoms with van der Waals surface area (Å²) in [6.45, 7) is 9.36. The lowest BCUT2D eigenvalue weighted by Gasteiger charge is -2.51. The lowest BCUT2D eigenvalue weighted by atomic mass is 9.81. The topological polar surface area (TPSA) is 113 Å². The van der Waals surface area contributed by atoms with Crippen molar-refractivity contribution in [3.05, 3.63) is 53.1 Å². The van der Waals surface area contributed by atoms with Crippen molar-refractivity contribution in [2.24, 2.45) is 5.41 Å². The quantitative estimate of drug-likeness (QED) is 0.300. The van der Waals surface area contributed by atoms with E-state index in [1.54, 1.807) is 13.2 Å². The smallest absolute Gasteiger partial charge is 0.304 e. The highest BCUT2D eigenvalue weighted by Gasteiger charge is 2.45. The third-order valence-corrected chi connectivity index (χ3v) is 13.4. The first-order chi connectivity index (χ1) is 24.9. The van der Waals surface area contributed by atoms with Gasteiger partial charge in [0.15, 0.2) is 0 Å². The summed E-state index contributed by atoms with van der Waals surface area (Å²) < 4.78 is 43.2. The van der Waals surface area contributed by atoms with Crippen molar-refractivity contribution in [1.29, 1.82) is 0 Å². The third kappa shape index (κ3) is 7.11. The molecule has 2 bridgehead atoms. The number of aromatic nitrogens is 1. The SMILES string of the molecule is COc1ccc(-c2c(C3CCCCC3)c3ccc(C(=O)NS(=O)(=O)N4CCOCC4)cc3n2CC(C)(C)C(=O)N2C3CCCC2CN(C)C3)c(C)c1. The lowest BCUT2D eigenvalue weighted by Crippen LogP contribution is -2.64. The van der Waals surface area contributed by atoms with E-state index in [0.29, 0.717) is 12.5 Å². The van der Waals surface area contributed by atoms with Crippen LogP contribution in [0.5, 0.6) is 5.75 Å². The lowest BCUT2D eigenvalue weighted by molar-refractivity contribution is -0.153. The molecule has 2 atom stereocenters. The van der Waals surface area contributed by atoms with E-state index in [4.69, 9.17) is 9.47 Å². The molecule has 282 valence electrons. The highest BCUT2D eigenvalue weighted by atomic mass is 32.2. The highest BCUT2D eigenvalue weighted by Crippen LogP contribution is 2.47. The Hall–Kier alpha value is -3.45. The fourth-order valence-electron chi connectivity index (χ4n) is 9.30. The summed E-state index contributed by atoms with van der Waals surface area (Å²) in [4.78, 5) is 33.1. The molecule has 1 aromatic heterocycles. The first-order valence-corrected chi connectivity index (χ1v) is 20.5. The molecule has 3 aromatic rings. The van der Waals surface area contributed by atoms with Gasteiger partial charge >= 0.3 is 10.2 Å². The van der Waals surface area contributed by atoms with Crippen LogP contribution in [0, 0.1) is 12.3 Å². The van der Waals surface area contributed by atoms with Crippen molar-refractivity contribution in [2.45, 2.75) is 96.7 Å². The average molecular weight is 734 g/mol. The molecule has 1 saturated carbocycles. The van der Waals surface area contributed by atoms with Crippen LogP contribution < -0.4 is 9.46 Å². The van der Waals surface area contributed by atoms with Crippen molar-refractivity contribution in [2.75, 3.05) is 53.6 Å². The number of nitrogens with one attached hydrogen (secondary N) is 1. The van der Waals surface area contributed by atoms with Crippen molar-refractivity contribution in [3.63, 3.8) is 0 Å². The average Bonchev–Trinajstić information content (AvgIpc) is 3.43. The Labute approximate surface area is 308 Å². The molecule has 2 amide bonds. The minimum absolute atomic E-state index is 0.166. The summed E-state index contributed by atoms with van der Waals surface area (Å²) in [6.07, 6.45) is 8.81. The molecule has 1 N–H and O–H groups in total. The third-order valence-electron chi connectivity index (χ3n) is 11.9. The number of aryl methyl sites for hydroxylation is 1. The molecule has 0 radical (unpaired) electrons. The predicted molar refractivity (Wildman–Crippen MR) is 203 cm³/mol. The predicted octanol–water partition coefficient (Wildman–Crippen LogP) is 5.70. The molecule has 4 heterocycles. The van der Waals surface area contributed by atoms with Crippen LogP contribution in [0.4, 0.5) is 0 Å². The van der Waals surface area contributed by atoms with Crippen LogP contribution >= 0.6 is 0 Å². The van der Waals surface area contributed by atoms with E-state index in [9.17, 15) is 18.0 Å². The van der Waals surface area contributed by atoms with Crippen molar-refractivity contribution in [1.82, 2.24) is 23.4 Å². The monoisotopic (exact) mass is 733 g/mol. The maximum atomic E-state index is 14.8. The Morgan fingerprint density at radius 1 is 0.942 bits per heavy atom. The minimum Gasteiger partial charge on any atom is -0.497 e. The van der Waals surface area contributed by atoms with E-state index in [-0.39, 0.29) is 49.9 Å². The van der Waals surface area contributed by atoms with Gasteiger partial charge in [0, 0.05) is 66.8 Å². The summed E-state index contributed by atoms with van der Waals surface area (Å²) in [5, 5.41) is 1.05. The number of amides is 2. The van der Waals surface area contributed by atoms with Gasteiger partial charge in [0.1, 0.15) is 5.75 Å². The first-order valence-electron chi connectivity index (χ1n) is 19.1. The number of benzene rings is 2. The van der Waals surface area contributed by atoms with Crippen LogP contribution in [0.2, 0.25) is 0 Å². The van der Waals surface area contributed by atoms with Gasteiger partial charge in [-0.2, -0.15) is 12.7 Å². The van der Waals surface area contributed by atoms with Crippen molar-refractivity contribution < 1.29 is 27.5 Å². The number of carbonyl (C=O) groups excluding carboxylic acids is 2. The largest absolute Gasteiger partial charge is 0.497 e. The minimum atomic E-state index is -4.05. The van der Waals surface area contributed by atoms with E-state index >= 15 is 0 Å². The summed E-state index contributed by atoms with van der Waals surface area (Å²) in [7, 11) is -0.226. The number of rotatable bonds is 9. The maximum absolute atomic E-state index is 14.8. The molecule has 2 aromatic carbocycles. The molecule has 11 nitrogen and oxygen atoms in total. The number of hydrogen-bond acceptors (Lipinski definition) is 7. The number of ether oxygens (including phenoxy) is 2. The van der Waals surface area contributed by atoms with Gasteiger partial charge in [0.25, 0.3) is 5.91 Å². The molecule has 4 aliphatic rings. The Bertz CT molecular complexity index is 1910. The maximum Gasteiger partial charge on any atom is 0.304 e. The number of likely N-dealkylation sites (tertiary alicyclic amines) is 1. The number of likely N-dealkylation sites (N-methyl/N-ethyl adjacent to an activating group) is 1. The van der Waals surface area contributed by atoms with Gasteiger partial charge in [-0.3, -0.25) is 9.59 Å². The fourth-order valence-corrected chi connectivity index (χ4v) is 10.4. The summed E-state index contributed by atoms with van der Waals surface area (Å²) in [6, 6.07) is 12.1. The van der Waals surface area contributed by atoms with Gasteiger partial charge < -0.3 is 23.8 Å². The molecule has 3 aliphatic heterocycles. The van der Waals surface area contributed by atoms with Gasteiger partial charge in [0.2, 0.25) is 5.91 Å². The zero-order valence-corrected chi connectivity index (χ0v) is 32.3. The molecule has 7 rings (SSSR count). The fraction of sp³-hybridized carbons (Fsp3) is 0.600. The Kier molecular flexibility index (Phi) is 10.5. The molecular weight excluding hydrogens is 679 g/mol. The molecule has 3 saturated heterocycles. The number of fused-ring (bicyclic) bond motifs is 3. The van der Waals surface area contributed by atoms with Crippen LogP contribution in [-0.2, 0) is 26.3 Å². The number of piperidine rings is 1. The van der Waals surface area contributed by atoms with Crippen molar-refractivity contribution in [3.8, 4) is 17.0 Å². The summed E-state index contributed by atoms with van der Waals surface area (Å²) in [5.41, 5.74) is 4.77. The standard InChI is InChI=1S/C40H55N5O6S/c1-27-22-32(50-5)15-17-33(27)37-36(28-10-7-6-8-11-28)34-16-14-29(38(46)41-52(48,49)43-18-20-51-21-19-43)23-35(34)44(37)26-40(2,3)39(47)45-30-12-9-13-31(45)25-42(4)24-30/h14-17,22-23,28,30-31H,6-13,18-21,24-26H2,1-5H3,(H,41,46). The van der Waals surface area contributed by atoms with Crippen molar-refractivity contribution >= 4 is 32.9 Å². The van der Waals surface area contributed by atoms with E-state index in [0.717, 1.165) is 91.5 Å². The van der Waals surface area contributed by atoms with Crippen LogP contribution in [0.3, 0.4) is 0 Å². The second-order valence-corrected chi connectivity index (χ2v) is 17.8. The van der Waals surface area contributed by atoms with Crippen LogP contribution in [0.15, 0.2) is 36.4 Å². The number of piperazine rings is 1. The van der Waals surface area contributed by atoms with E-state index < -0.39 is 21.5 Å². The van der Waals surface area contributed by atoms with E-state index in [2.05, 4.69) is 59.0 Å². The number of carbonyl (C=O) groups is 2. The Morgan fingerprint density at radius 2 is 1.63 bits per heavy atom. The molecule has 2 unspecified atom stereocenters. The molecular formula is C40H55N5O6S. The molecule has 52 heavy (non-hydrogen) atoms. The van der Waals surface area contributed by atoms with Gasteiger partial charge in [0.05, 0.1) is 31.4 Å². The number of hydrogen-bond donors (Lipinski definition) is 1. The van der Waals surface area contributed by atoms with Crippen LogP contribution in [-0.4, -0.2) is 105 Å². The van der Waals surface area contributed by atoms with Gasteiger partial charge in [-0.25, -0.2) is 4.72 Å². The first kappa shape index (κ1) is 36.9. The van der Waals surface area contributed by atoms with E-state index in [1.807, 2.05) is 18.2 Å². The van der Waals surface area contributed by atoms with E-state index in [1.165, 1.54) is 16.3 Å². The summed E-state index contributed by atoms with van der Waals surface area (Å²) in [5.74, 6) is 0.578. The van der Waals surface area contributed by atoms with Gasteiger partial charge in [-0.05, 0) is 107 Å². The van der Waals surface area contributed by atoms with Crippen LogP contribution in [0.1, 0.15) is 92.6 Å². The zero-order chi connectivity index (χ0) is 36.8. The molecule has 4 fully saturated rings. The van der Waals surface area contributed by atoms with Crippen LogP contribution in [0.25, 0.3) is 22.2 Å². The number of methoxy groups -OCH3 is 1. The normalized spacial score (nSPS) is 22.4. The second-order valence-electron chi connectivity index (χ2n) is 16.1. The second kappa shape index (κ2) is 14.8. The summed E-state index contributed by atoms with van der Waals surface area (Å²) >= 11 is 0. The number of nitrogens with zero attached hydrogens (tertiary/aromatic N) is 4. The van der Waals surface area contributed by atoms with Gasteiger partial charge in [-0.1, -0.05) is 25.3 Å². The molecule has 1 aliphatic carbocycles. The van der Waals surface area contributed by atoms with Gasteiger partial charge in [-0.15, -0.1) is 0 Å². The molecule has 0 spiro atoms. The Balaban J connectivity index is 1.37.